The fourth-order valence-corrected chi connectivity index (χ4v) is 3.49. The van der Waals surface area contributed by atoms with Crippen LogP contribution in [0, 0.1) is 5.82 Å². The van der Waals surface area contributed by atoms with Crippen LogP contribution in [0.4, 0.5) is 4.39 Å². The zero-order valence-corrected chi connectivity index (χ0v) is 17.3. The molecule has 3 aromatic carbocycles. The third-order valence-corrected chi connectivity index (χ3v) is 4.85. The van der Waals surface area contributed by atoms with E-state index in [0.29, 0.717) is 11.7 Å². The Morgan fingerprint density at radius 2 is 1.44 bits per heavy atom. The predicted molar refractivity (Wildman–Crippen MR) is 103 cm³/mol. The van der Waals surface area contributed by atoms with Crippen LogP contribution in [0.3, 0.4) is 0 Å². The van der Waals surface area contributed by atoms with Crippen molar-refractivity contribution >= 4 is 37.8 Å². The molecular formula is C19H16Cl2FOPTi. The molecular weight excluding hydrogens is 413 g/mol. The summed E-state index contributed by atoms with van der Waals surface area (Å²) in [6.07, 6.45) is 0.669. The molecule has 0 fully saturated rings. The van der Waals surface area contributed by atoms with E-state index < -0.39 is 17.0 Å². The number of aromatic hydroxyl groups is 1. The van der Waals surface area contributed by atoms with Gasteiger partial charge in [-0.05, 0) is 17.2 Å². The van der Waals surface area contributed by atoms with Crippen LogP contribution in [-0.4, -0.2) is 5.11 Å². The summed E-state index contributed by atoms with van der Waals surface area (Å²) in [6, 6.07) is 22.4. The van der Waals surface area contributed by atoms with Gasteiger partial charge in [-0.2, -0.15) is 0 Å². The second-order valence-corrected chi connectivity index (χ2v) is 9.06. The molecule has 0 aliphatic rings. The van der Waals surface area contributed by atoms with Gasteiger partial charge < -0.3 is 5.11 Å². The fraction of sp³-hybridized carbons (Fsp3) is 0.0526. The molecule has 0 spiro atoms. The number of hydrogen-bond donors (Lipinski definition) is 1. The number of hydrogen-bond acceptors (Lipinski definition) is 1. The van der Waals surface area contributed by atoms with Gasteiger partial charge in [-0.15, -0.1) is 0 Å². The Labute approximate surface area is 165 Å². The van der Waals surface area contributed by atoms with Crippen molar-refractivity contribution < 1.29 is 26.5 Å². The zero-order chi connectivity index (χ0) is 18.1. The molecule has 0 aliphatic heterocycles. The molecule has 0 saturated heterocycles. The van der Waals surface area contributed by atoms with Crippen molar-refractivity contribution in [3.63, 3.8) is 0 Å². The summed E-state index contributed by atoms with van der Waals surface area (Å²) in [5.74, 6) is 0.0432. The monoisotopic (exact) mass is 428 g/mol. The van der Waals surface area contributed by atoms with Gasteiger partial charge in [-0.3, -0.25) is 0 Å². The Kier molecular flexibility index (Phi) is 8.96. The first-order valence-corrected chi connectivity index (χ1v) is 12.8. The molecule has 128 valence electrons. The molecule has 0 bridgehead atoms. The topological polar surface area (TPSA) is 20.2 Å². The molecule has 0 aromatic heterocycles. The van der Waals surface area contributed by atoms with E-state index in [1.165, 1.54) is 6.07 Å². The standard InChI is InChI=1S/C19H16FOP.2ClH.Ti/c20-16-10-4-5-11-17(16)22-18-12-6-9-15(19(18)21)13-14-7-2-1-3-8-14;;;/h1-12,21-22H,13H2;2*1H;/q;;;+2/p-2. The van der Waals surface area contributed by atoms with E-state index >= 15 is 0 Å². The Morgan fingerprint density at radius 1 is 0.840 bits per heavy atom. The molecule has 0 heterocycles. The Balaban J connectivity index is 0.000000701. The number of rotatable bonds is 4. The number of para-hydroxylation sites is 1. The molecule has 25 heavy (non-hydrogen) atoms. The molecule has 6 heteroatoms. The van der Waals surface area contributed by atoms with Crippen molar-refractivity contribution in [2.45, 2.75) is 6.42 Å². The minimum absolute atomic E-state index is 0.107. The SMILES string of the molecule is Oc1c(Cc2ccccc2)cccc1Pc1ccccc1F.[Cl][Ti][Cl]. The van der Waals surface area contributed by atoms with E-state index in [4.69, 9.17) is 18.6 Å². The first-order valence-electron chi connectivity index (χ1n) is 7.48. The fourth-order valence-electron chi connectivity index (χ4n) is 2.36. The molecule has 3 rings (SSSR count). The van der Waals surface area contributed by atoms with Crippen molar-refractivity contribution in [2.75, 3.05) is 0 Å². The molecule has 1 nitrogen and oxygen atoms in total. The van der Waals surface area contributed by atoms with Crippen molar-refractivity contribution in [2.24, 2.45) is 0 Å². The number of benzene rings is 3. The number of halogens is 3. The zero-order valence-electron chi connectivity index (χ0n) is 13.2. The normalized spacial score (nSPS) is 10.4. The van der Waals surface area contributed by atoms with Crippen LogP contribution in [-0.2, 0) is 23.5 Å². The molecule has 0 radical (unpaired) electrons. The maximum absolute atomic E-state index is 13.8. The summed E-state index contributed by atoms with van der Waals surface area (Å²) in [5.41, 5.74) is 2.01. The van der Waals surface area contributed by atoms with Gasteiger partial charge in [0.05, 0.1) is 0 Å². The first kappa shape index (κ1) is 20.4. The van der Waals surface area contributed by atoms with Gasteiger partial charge in [0.1, 0.15) is 11.6 Å². The molecule has 1 unspecified atom stereocenters. The maximum atomic E-state index is 13.8. The van der Waals surface area contributed by atoms with Crippen LogP contribution in [0.2, 0.25) is 0 Å². The van der Waals surface area contributed by atoms with Gasteiger partial charge in [-0.25, -0.2) is 4.39 Å². The van der Waals surface area contributed by atoms with Gasteiger partial charge in [0.15, 0.2) is 0 Å². The van der Waals surface area contributed by atoms with Crippen LogP contribution in [0.1, 0.15) is 11.1 Å². The van der Waals surface area contributed by atoms with Gasteiger partial charge in [0.2, 0.25) is 0 Å². The van der Waals surface area contributed by atoms with Gasteiger partial charge >= 0.3 is 35.6 Å². The third kappa shape index (κ3) is 6.40. The van der Waals surface area contributed by atoms with Crippen LogP contribution in [0.5, 0.6) is 5.75 Å². The summed E-state index contributed by atoms with van der Waals surface area (Å²) in [4.78, 5) is 0. The molecule has 0 amide bonds. The van der Waals surface area contributed by atoms with E-state index in [1.54, 1.807) is 12.1 Å². The second kappa shape index (κ2) is 11.0. The summed E-state index contributed by atoms with van der Waals surface area (Å²) in [7, 11) is 9.88. The second-order valence-electron chi connectivity index (χ2n) is 5.15. The van der Waals surface area contributed by atoms with E-state index in [2.05, 4.69) is 0 Å². The first-order chi connectivity index (χ1) is 12.2. The minimum atomic E-state index is -0.556. The van der Waals surface area contributed by atoms with Crippen molar-refractivity contribution in [3.05, 3.63) is 89.7 Å². The van der Waals surface area contributed by atoms with Crippen LogP contribution < -0.4 is 10.6 Å². The summed E-state index contributed by atoms with van der Waals surface area (Å²) in [5, 5.41) is 11.9. The van der Waals surface area contributed by atoms with Crippen LogP contribution in [0.25, 0.3) is 0 Å². The van der Waals surface area contributed by atoms with Crippen LogP contribution >= 0.6 is 27.2 Å². The predicted octanol–water partition coefficient (Wildman–Crippen LogP) is 5.13. The molecule has 1 atom stereocenters. The number of phenols is 1. The van der Waals surface area contributed by atoms with E-state index in [-0.39, 0.29) is 20.1 Å². The average molecular weight is 429 g/mol. The molecule has 1 N–H and O–H groups in total. The Morgan fingerprint density at radius 3 is 2.12 bits per heavy atom. The molecule has 0 aliphatic carbocycles. The van der Waals surface area contributed by atoms with E-state index in [1.807, 2.05) is 54.6 Å². The Bertz CT molecular complexity index is 802. The third-order valence-electron chi connectivity index (χ3n) is 3.50. The van der Waals surface area contributed by atoms with E-state index in [9.17, 15) is 9.50 Å². The van der Waals surface area contributed by atoms with Gasteiger partial charge in [0, 0.05) is 17.0 Å². The van der Waals surface area contributed by atoms with Crippen molar-refractivity contribution in [3.8, 4) is 5.75 Å². The molecule has 3 aromatic rings. The van der Waals surface area contributed by atoms with Crippen molar-refractivity contribution in [1.29, 1.82) is 0 Å². The summed E-state index contributed by atoms with van der Waals surface area (Å²) in [6.45, 7) is 0. The molecule has 0 saturated carbocycles. The quantitative estimate of drug-likeness (QED) is 0.451. The summed E-state index contributed by atoms with van der Waals surface area (Å²) < 4.78 is 13.8. The van der Waals surface area contributed by atoms with Gasteiger partial charge in [0.25, 0.3) is 0 Å². The number of phenolic OH excluding ortho intramolecular Hbond substituents is 1. The van der Waals surface area contributed by atoms with E-state index in [0.717, 1.165) is 16.4 Å². The Hall–Kier alpha value is -0.886. The van der Waals surface area contributed by atoms with Crippen molar-refractivity contribution in [1.82, 2.24) is 0 Å². The summed E-state index contributed by atoms with van der Waals surface area (Å²) >= 11 is -0.556. The van der Waals surface area contributed by atoms with Gasteiger partial charge in [-0.1, -0.05) is 75.3 Å². The van der Waals surface area contributed by atoms with Crippen LogP contribution in [0.15, 0.2) is 72.8 Å². The average Bonchev–Trinajstić information content (AvgIpc) is 2.62.